The fourth-order valence-corrected chi connectivity index (χ4v) is 1.20. The molecule has 2 rings (SSSR count). The standard InChI is InChI=1S/C9H9N2/c1-10-9-6-11-8-5-3-2-4-7(8)9/h2-5,10-11H,1H3. The summed E-state index contributed by atoms with van der Waals surface area (Å²) in [6.45, 7) is 0. The van der Waals surface area contributed by atoms with Crippen LogP contribution in [0.1, 0.15) is 0 Å². The Bertz CT molecular complexity index is 362. The van der Waals surface area contributed by atoms with Gasteiger partial charge in [-0.25, -0.2) is 0 Å². The number of para-hydroxylation sites is 1. The van der Waals surface area contributed by atoms with Crippen LogP contribution in [0, 0.1) is 6.20 Å². The molecule has 11 heavy (non-hydrogen) atoms. The molecular formula is C9H9N2. The van der Waals surface area contributed by atoms with E-state index in [4.69, 9.17) is 0 Å². The van der Waals surface area contributed by atoms with Crippen LogP contribution in [-0.2, 0) is 0 Å². The predicted molar refractivity (Wildman–Crippen MR) is 46.7 cm³/mol. The number of rotatable bonds is 1. The summed E-state index contributed by atoms with van der Waals surface area (Å²) in [4.78, 5) is 3.05. The van der Waals surface area contributed by atoms with Crippen LogP contribution in [0.4, 0.5) is 5.69 Å². The lowest BCUT2D eigenvalue weighted by Gasteiger charge is -1.93. The van der Waals surface area contributed by atoms with Crippen molar-refractivity contribution in [2.45, 2.75) is 0 Å². The maximum atomic E-state index is 3.06. The predicted octanol–water partition coefficient (Wildman–Crippen LogP) is 2.01. The second-order valence-corrected chi connectivity index (χ2v) is 2.42. The minimum absolute atomic E-state index is 1.03. The lowest BCUT2D eigenvalue weighted by atomic mass is 10.2. The Morgan fingerprint density at radius 1 is 1.36 bits per heavy atom. The van der Waals surface area contributed by atoms with Crippen molar-refractivity contribution >= 4 is 16.6 Å². The third-order valence-corrected chi connectivity index (χ3v) is 1.77. The molecule has 0 saturated heterocycles. The topological polar surface area (TPSA) is 27.8 Å². The van der Waals surface area contributed by atoms with Crippen molar-refractivity contribution in [3.63, 3.8) is 0 Å². The van der Waals surface area contributed by atoms with Crippen molar-refractivity contribution in [1.29, 1.82) is 0 Å². The fraction of sp³-hybridized carbons (Fsp3) is 0.111. The van der Waals surface area contributed by atoms with Gasteiger partial charge >= 0.3 is 0 Å². The molecule has 2 aromatic rings. The number of fused-ring (bicyclic) bond motifs is 1. The van der Waals surface area contributed by atoms with E-state index in [0.717, 1.165) is 11.2 Å². The number of benzene rings is 1. The molecular weight excluding hydrogens is 136 g/mol. The van der Waals surface area contributed by atoms with Gasteiger partial charge in [0.05, 0.1) is 11.9 Å². The first kappa shape index (κ1) is 6.28. The molecule has 0 aliphatic heterocycles. The zero-order valence-corrected chi connectivity index (χ0v) is 6.31. The number of hydrogen-bond donors (Lipinski definition) is 2. The molecule has 1 aromatic carbocycles. The summed E-state index contributed by atoms with van der Waals surface area (Å²) >= 11 is 0. The van der Waals surface area contributed by atoms with Crippen molar-refractivity contribution in [3.8, 4) is 0 Å². The quantitative estimate of drug-likeness (QED) is 0.631. The molecule has 0 saturated carbocycles. The van der Waals surface area contributed by atoms with Gasteiger partial charge in [-0.3, -0.25) is 0 Å². The minimum Gasteiger partial charge on any atom is -0.386 e. The largest absolute Gasteiger partial charge is 0.386 e. The fourth-order valence-electron chi connectivity index (χ4n) is 1.20. The maximum absolute atomic E-state index is 3.06. The van der Waals surface area contributed by atoms with Gasteiger partial charge in [0, 0.05) is 18.0 Å². The van der Waals surface area contributed by atoms with E-state index in [0.29, 0.717) is 0 Å². The van der Waals surface area contributed by atoms with Crippen molar-refractivity contribution in [1.82, 2.24) is 4.98 Å². The molecule has 55 valence electrons. The first-order chi connectivity index (χ1) is 5.42. The second-order valence-electron chi connectivity index (χ2n) is 2.42. The van der Waals surface area contributed by atoms with Gasteiger partial charge in [0.2, 0.25) is 0 Å². The van der Waals surface area contributed by atoms with Crippen LogP contribution in [0.3, 0.4) is 0 Å². The van der Waals surface area contributed by atoms with Crippen LogP contribution < -0.4 is 5.32 Å². The van der Waals surface area contributed by atoms with E-state index in [1.807, 2.05) is 25.2 Å². The zero-order chi connectivity index (χ0) is 7.68. The van der Waals surface area contributed by atoms with Crippen LogP contribution >= 0.6 is 0 Å². The minimum atomic E-state index is 1.03. The summed E-state index contributed by atoms with van der Waals surface area (Å²) in [5, 5.41) is 4.25. The molecule has 2 N–H and O–H groups in total. The molecule has 0 spiro atoms. The molecule has 2 nitrogen and oxygen atoms in total. The molecule has 1 heterocycles. The van der Waals surface area contributed by atoms with Crippen LogP contribution in [0.25, 0.3) is 10.9 Å². The molecule has 1 radical (unpaired) electrons. The van der Waals surface area contributed by atoms with Gasteiger partial charge in [-0.1, -0.05) is 18.2 Å². The lowest BCUT2D eigenvalue weighted by Crippen LogP contribution is -1.84. The lowest BCUT2D eigenvalue weighted by molar-refractivity contribution is 1.43. The van der Waals surface area contributed by atoms with Crippen molar-refractivity contribution < 1.29 is 0 Å². The van der Waals surface area contributed by atoms with Gasteiger partial charge < -0.3 is 10.3 Å². The average molecular weight is 145 g/mol. The Morgan fingerprint density at radius 2 is 2.18 bits per heavy atom. The van der Waals surface area contributed by atoms with Crippen LogP contribution in [0.15, 0.2) is 24.3 Å². The van der Waals surface area contributed by atoms with Gasteiger partial charge in [-0.05, 0) is 6.07 Å². The number of nitrogens with one attached hydrogen (secondary N) is 2. The molecule has 0 bridgehead atoms. The van der Waals surface area contributed by atoms with E-state index >= 15 is 0 Å². The average Bonchev–Trinajstić information content (AvgIpc) is 2.47. The number of hydrogen-bond acceptors (Lipinski definition) is 1. The molecule has 0 amide bonds. The first-order valence-corrected chi connectivity index (χ1v) is 3.58. The van der Waals surface area contributed by atoms with Crippen LogP contribution in [0.5, 0.6) is 0 Å². The van der Waals surface area contributed by atoms with E-state index in [9.17, 15) is 0 Å². The summed E-state index contributed by atoms with van der Waals surface area (Å²) < 4.78 is 0. The van der Waals surface area contributed by atoms with E-state index in [1.165, 1.54) is 5.39 Å². The van der Waals surface area contributed by atoms with Gasteiger partial charge in [-0.15, -0.1) is 0 Å². The second kappa shape index (κ2) is 2.31. The van der Waals surface area contributed by atoms with Gasteiger partial charge in [0.15, 0.2) is 0 Å². The highest BCUT2D eigenvalue weighted by Crippen LogP contribution is 2.20. The molecule has 2 heteroatoms. The zero-order valence-electron chi connectivity index (χ0n) is 6.31. The smallest absolute Gasteiger partial charge is 0.0887 e. The Kier molecular flexibility index (Phi) is 1.32. The van der Waals surface area contributed by atoms with E-state index in [1.54, 1.807) is 0 Å². The molecule has 0 atom stereocenters. The van der Waals surface area contributed by atoms with Gasteiger partial charge in [0.25, 0.3) is 0 Å². The normalized spacial score (nSPS) is 10.3. The van der Waals surface area contributed by atoms with Crippen molar-refractivity contribution in [2.75, 3.05) is 12.4 Å². The number of aromatic amines is 1. The SMILES string of the molecule is CNc1[c][nH]c2ccccc12. The van der Waals surface area contributed by atoms with Crippen molar-refractivity contribution in [3.05, 3.63) is 30.5 Å². The maximum Gasteiger partial charge on any atom is 0.0887 e. The number of H-pyrrole nitrogens is 1. The van der Waals surface area contributed by atoms with E-state index in [2.05, 4.69) is 22.6 Å². The Hall–Kier alpha value is -1.44. The Labute approximate surface area is 65.2 Å². The highest BCUT2D eigenvalue weighted by Gasteiger charge is 1.98. The highest BCUT2D eigenvalue weighted by atomic mass is 14.9. The van der Waals surface area contributed by atoms with E-state index < -0.39 is 0 Å². The summed E-state index contributed by atoms with van der Waals surface area (Å²) in [5.41, 5.74) is 2.15. The number of aromatic nitrogens is 1. The number of anilines is 1. The molecule has 1 aromatic heterocycles. The molecule has 0 unspecified atom stereocenters. The summed E-state index contributed by atoms with van der Waals surface area (Å²) in [7, 11) is 1.89. The highest BCUT2D eigenvalue weighted by molar-refractivity contribution is 5.91. The summed E-state index contributed by atoms with van der Waals surface area (Å²) in [5.74, 6) is 0. The van der Waals surface area contributed by atoms with Crippen molar-refractivity contribution in [2.24, 2.45) is 0 Å². The van der Waals surface area contributed by atoms with Crippen LogP contribution in [-0.4, -0.2) is 12.0 Å². The van der Waals surface area contributed by atoms with E-state index in [-0.39, 0.29) is 0 Å². The Morgan fingerprint density at radius 3 is 3.00 bits per heavy atom. The third kappa shape index (κ3) is 0.871. The Balaban J connectivity index is 2.76. The first-order valence-electron chi connectivity index (χ1n) is 3.58. The third-order valence-electron chi connectivity index (χ3n) is 1.77. The monoisotopic (exact) mass is 145 g/mol. The summed E-state index contributed by atoms with van der Waals surface area (Å²) in [6, 6.07) is 8.12. The van der Waals surface area contributed by atoms with Gasteiger partial charge in [-0.2, -0.15) is 0 Å². The summed E-state index contributed by atoms with van der Waals surface area (Å²) in [6.07, 6.45) is 3.03. The molecule has 0 fully saturated rings. The molecule has 0 aliphatic carbocycles. The van der Waals surface area contributed by atoms with Gasteiger partial charge in [0.1, 0.15) is 0 Å². The van der Waals surface area contributed by atoms with Crippen LogP contribution in [0.2, 0.25) is 0 Å². The molecule has 0 aliphatic rings.